The van der Waals surface area contributed by atoms with Gasteiger partial charge in [0.1, 0.15) is 34.8 Å². The van der Waals surface area contributed by atoms with Crippen molar-refractivity contribution in [2.24, 2.45) is 0 Å². The molecule has 0 unspecified atom stereocenters. The van der Waals surface area contributed by atoms with Crippen molar-refractivity contribution in [2.75, 3.05) is 7.11 Å². The van der Waals surface area contributed by atoms with Crippen molar-refractivity contribution in [3.63, 3.8) is 0 Å². The summed E-state index contributed by atoms with van der Waals surface area (Å²) in [6.45, 7) is 1.64. The molecule has 0 saturated carbocycles. The summed E-state index contributed by atoms with van der Waals surface area (Å²) in [4.78, 5) is 34.8. The summed E-state index contributed by atoms with van der Waals surface area (Å²) in [5.41, 5.74) is -1.01. The molecule has 0 aliphatic heterocycles. The molecule has 0 aliphatic carbocycles. The molecule has 1 aromatic carbocycles. The van der Waals surface area contributed by atoms with E-state index >= 15 is 0 Å². The Morgan fingerprint density at radius 3 is 2.22 bits per heavy atom. The van der Waals surface area contributed by atoms with Crippen molar-refractivity contribution in [1.29, 1.82) is 0 Å². The van der Waals surface area contributed by atoms with E-state index in [-0.39, 0.29) is 25.0 Å². The number of carbonyl (C=O) groups excluding carboxylic acids is 3. The molecule has 1 amide bonds. The smallest absolute Gasteiger partial charge is 0.328 e. The van der Waals surface area contributed by atoms with Gasteiger partial charge in [-0.1, -0.05) is 6.92 Å². The van der Waals surface area contributed by atoms with Crippen molar-refractivity contribution in [2.45, 2.75) is 32.2 Å². The van der Waals surface area contributed by atoms with Crippen LogP contribution in [0.4, 0.5) is 13.2 Å². The van der Waals surface area contributed by atoms with E-state index < -0.39 is 40.9 Å². The van der Waals surface area contributed by atoms with Gasteiger partial charge in [-0.25, -0.2) is 18.0 Å². The van der Waals surface area contributed by atoms with Gasteiger partial charge in [0.15, 0.2) is 0 Å². The molecular formula is C15H16F3NO4. The SMILES string of the molecule is CCC(=O)CC[C@@H](NC(=O)c1c(F)cc(F)cc1F)C(=O)OC. The van der Waals surface area contributed by atoms with Crippen LogP contribution < -0.4 is 5.32 Å². The largest absolute Gasteiger partial charge is 0.467 e. The Morgan fingerprint density at radius 2 is 1.74 bits per heavy atom. The van der Waals surface area contributed by atoms with Crippen LogP contribution >= 0.6 is 0 Å². The van der Waals surface area contributed by atoms with Crippen LogP contribution in [-0.4, -0.2) is 30.8 Å². The van der Waals surface area contributed by atoms with Crippen molar-refractivity contribution in [3.8, 4) is 0 Å². The molecule has 0 heterocycles. The fourth-order valence-corrected chi connectivity index (χ4v) is 1.86. The second-order valence-electron chi connectivity index (χ2n) is 4.72. The summed E-state index contributed by atoms with van der Waals surface area (Å²) in [6, 6.07) is -0.538. The van der Waals surface area contributed by atoms with Gasteiger partial charge in [-0.15, -0.1) is 0 Å². The average Bonchev–Trinajstić information content (AvgIpc) is 2.49. The maximum absolute atomic E-state index is 13.6. The molecule has 0 aromatic heterocycles. The summed E-state index contributed by atoms with van der Waals surface area (Å²) >= 11 is 0. The number of rotatable bonds is 7. The number of esters is 1. The van der Waals surface area contributed by atoms with E-state index in [1.54, 1.807) is 6.92 Å². The Labute approximate surface area is 130 Å². The molecule has 1 rings (SSSR count). The van der Waals surface area contributed by atoms with E-state index in [1.165, 1.54) is 0 Å². The number of hydrogen-bond donors (Lipinski definition) is 1. The molecule has 0 fully saturated rings. The van der Waals surface area contributed by atoms with Gasteiger partial charge < -0.3 is 10.1 Å². The van der Waals surface area contributed by atoms with Gasteiger partial charge >= 0.3 is 5.97 Å². The highest BCUT2D eigenvalue weighted by atomic mass is 19.1. The van der Waals surface area contributed by atoms with E-state index in [0.717, 1.165) is 7.11 Å². The molecule has 23 heavy (non-hydrogen) atoms. The first kappa shape index (κ1) is 18.7. The summed E-state index contributed by atoms with van der Waals surface area (Å²) in [5, 5.41) is 2.10. The van der Waals surface area contributed by atoms with Gasteiger partial charge in [0.2, 0.25) is 0 Å². The lowest BCUT2D eigenvalue weighted by atomic mass is 10.1. The zero-order chi connectivity index (χ0) is 17.6. The number of carbonyl (C=O) groups is 3. The highest BCUT2D eigenvalue weighted by Gasteiger charge is 2.26. The third-order valence-corrected chi connectivity index (χ3v) is 3.13. The van der Waals surface area contributed by atoms with Crippen molar-refractivity contribution >= 4 is 17.7 Å². The first-order chi connectivity index (χ1) is 10.8. The molecule has 0 spiro atoms. The van der Waals surface area contributed by atoms with Crippen LogP contribution in [0.15, 0.2) is 12.1 Å². The topological polar surface area (TPSA) is 72.5 Å². The van der Waals surface area contributed by atoms with Crippen molar-refractivity contribution < 1.29 is 32.3 Å². The Balaban J connectivity index is 2.93. The number of benzene rings is 1. The first-order valence-electron chi connectivity index (χ1n) is 6.85. The zero-order valence-electron chi connectivity index (χ0n) is 12.6. The molecule has 8 heteroatoms. The predicted molar refractivity (Wildman–Crippen MR) is 74.1 cm³/mol. The lowest BCUT2D eigenvalue weighted by molar-refractivity contribution is -0.143. The highest BCUT2D eigenvalue weighted by molar-refractivity contribution is 5.97. The third-order valence-electron chi connectivity index (χ3n) is 3.13. The molecule has 5 nitrogen and oxygen atoms in total. The van der Waals surface area contributed by atoms with E-state index in [0.29, 0.717) is 12.1 Å². The maximum Gasteiger partial charge on any atom is 0.328 e. The van der Waals surface area contributed by atoms with Crippen LogP contribution in [0.1, 0.15) is 36.5 Å². The fraction of sp³-hybridized carbons (Fsp3) is 0.400. The molecular weight excluding hydrogens is 315 g/mol. The summed E-state index contributed by atoms with van der Waals surface area (Å²) in [6.07, 6.45) is 0.170. The van der Waals surface area contributed by atoms with Gasteiger partial charge in [-0.2, -0.15) is 0 Å². The minimum absolute atomic E-state index is 0.00900. The third kappa shape index (κ3) is 5.08. The molecule has 1 aromatic rings. The Hall–Kier alpha value is -2.38. The molecule has 0 saturated heterocycles. The van der Waals surface area contributed by atoms with E-state index in [4.69, 9.17) is 0 Å². The van der Waals surface area contributed by atoms with Crippen LogP contribution in [0.2, 0.25) is 0 Å². The normalized spacial score (nSPS) is 11.7. The lowest BCUT2D eigenvalue weighted by Crippen LogP contribution is -2.42. The average molecular weight is 331 g/mol. The van der Waals surface area contributed by atoms with Crippen LogP contribution in [0.3, 0.4) is 0 Å². The van der Waals surface area contributed by atoms with Gasteiger partial charge in [0, 0.05) is 25.0 Å². The number of nitrogens with one attached hydrogen (secondary N) is 1. The molecule has 1 atom stereocenters. The monoisotopic (exact) mass is 331 g/mol. The van der Waals surface area contributed by atoms with Crippen LogP contribution in [0.5, 0.6) is 0 Å². The highest BCUT2D eigenvalue weighted by Crippen LogP contribution is 2.15. The van der Waals surface area contributed by atoms with Crippen LogP contribution in [0.25, 0.3) is 0 Å². The fourth-order valence-electron chi connectivity index (χ4n) is 1.86. The lowest BCUT2D eigenvalue weighted by Gasteiger charge is -2.16. The van der Waals surface area contributed by atoms with Gasteiger partial charge in [-0.3, -0.25) is 9.59 Å². The van der Waals surface area contributed by atoms with E-state index in [1.807, 2.05) is 0 Å². The van der Waals surface area contributed by atoms with Crippen LogP contribution in [0, 0.1) is 17.5 Å². The predicted octanol–water partition coefficient (Wildman–Crippen LogP) is 2.13. The molecule has 0 radical (unpaired) electrons. The number of methoxy groups -OCH3 is 1. The second kappa shape index (κ2) is 8.30. The summed E-state index contributed by atoms with van der Waals surface area (Å²) in [5.74, 6) is -6.20. The summed E-state index contributed by atoms with van der Waals surface area (Å²) in [7, 11) is 1.07. The molecule has 1 N–H and O–H groups in total. The Kier molecular flexibility index (Phi) is 6.74. The van der Waals surface area contributed by atoms with E-state index in [2.05, 4.69) is 10.1 Å². The Morgan fingerprint density at radius 1 is 1.17 bits per heavy atom. The maximum atomic E-state index is 13.6. The molecule has 0 bridgehead atoms. The minimum Gasteiger partial charge on any atom is -0.467 e. The number of Topliss-reactive ketones (excluding diaryl/α,β-unsaturated/α-hetero) is 1. The minimum atomic E-state index is -1.40. The number of hydrogen-bond acceptors (Lipinski definition) is 4. The standard InChI is InChI=1S/C15H16F3NO4/c1-3-9(20)4-5-12(15(22)23-2)19-14(21)13-10(17)6-8(16)7-11(13)18/h6-7,12H,3-5H2,1-2H3,(H,19,21)/t12-/m1/s1. The molecule has 126 valence electrons. The number of halogens is 3. The van der Waals surface area contributed by atoms with Crippen LogP contribution in [-0.2, 0) is 14.3 Å². The van der Waals surface area contributed by atoms with E-state index in [9.17, 15) is 27.6 Å². The van der Waals surface area contributed by atoms with Gasteiger partial charge in [0.05, 0.1) is 7.11 Å². The Bertz CT molecular complexity index is 596. The second-order valence-corrected chi connectivity index (χ2v) is 4.72. The first-order valence-corrected chi connectivity index (χ1v) is 6.85. The summed E-state index contributed by atoms with van der Waals surface area (Å²) < 4.78 is 44.4. The van der Waals surface area contributed by atoms with Gasteiger partial charge in [-0.05, 0) is 6.42 Å². The van der Waals surface area contributed by atoms with Crippen molar-refractivity contribution in [1.82, 2.24) is 5.32 Å². The number of amides is 1. The van der Waals surface area contributed by atoms with Crippen molar-refractivity contribution in [3.05, 3.63) is 35.1 Å². The number of ketones is 1. The quantitative estimate of drug-likeness (QED) is 0.777. The van der Waals surface area contributed by atoms with Gasteiger partial charge in [0.25, 0.3) is 5.91 Å². The molecule has 0 aliphatic rings. The zero-order valence-corrected chi connectivity index (χ0v) is 12.6. The number of ether oxygens (including phenoxy) is 1.